The third kappa shape index (κ3) is 3.35. The minimum absolute atomic E-state index is 0.356. The second-order valence-electron chi connectivity index (χ2n) is 6.62. The summed E-state index contributed by atoms with van der Waals surface area (Å²) in [5.41, 5.74) is 1.27. The van der Waals surface area contributed by atoms with Crippen LogP contribution >= 0.6 is 0 Å². The molecule has 2 fully saturated rings. The lowest BCUT2D eigenvalue weighted by Crippen LogP contribution is -2.48. The van der Waals surface area contributed by atoms with Crippen LogP contribution in [-0.2, 0) is 11.2 Å². The van der Waals surface area contributed by atoms with Crippen LogP contribution in [0.5, 0.6) is 0 Å². The number of rotatable bonds is 5. The maximum absolute atomic E-state index is 12.7. The standard InChI is InChI=1S/C19H28N2O/c1-2-20-14-6-10-17(20)18-11-7-15-21(18)19(22)13-12-16-8-4-3-5-9-16/h3-5,8-9,17-18H,2,6-7,10-15H2,1H3/t17-,18+/m1/s1. The third-order valence-electron chi connectivity index (χ3n) is 5.35. The summed E-state index contributed by atoms with van der Waals surface area (Å²) >= 11 is 0. The van der Waals surface area contributed by atoms with Crippen molar-refractivity contribution in [3.63, 3.8) is 0 Å². The highest BCUT2D eigenvalue weighted by molar-refractivity contribution is 5.77. The van der Waals surface area contributed by atoms with Crippen LogP contribution in [0.1, 0.15) is 44.6 Å². The molecule has 0 aromatic heterocycles. The largest absolute Gasteiger partial charge is 0.338 e. The van der Waals surface area contributed by atoms with Gasteiger partial charge in [0.2, 0.25) is 5.91 Å². The van der Waals surface area contributed by atoms with Crippen molar-refractivity contribution in [2.75, 3.05) is 19.6 Å². The van der Waals surface area contributed by atoms with E-state index < -0.39 is 0 Å². The molecular weight excluding hydrogens is 272 g/mol. The molecule has 2 saturated heterocycles. The maximum Gasteiger partial charge on any atom is 0.223 e. The van der Waals surface area contributed by atoms with Gasteiger partial charge in [-0.3, -0.25) is 9.69 Å². The van der Waals surface area contributed by atoms with E-state index in [1.807, 2.05) is 6.07 Å². The highest BCUT2D eigenvalue weighted by Gasteiger charge is 2.38. The molecule has 3 nitrogen and oxygen atoms in total. The number of carbonyl (C=O) groups excluding carboxylic acids is 1. The van der Waals surface area contributed by atoms with Crippen LogP contribution in [-0.4, -0.2) is 47.4 Å². The maximum atomic E-state index is 12.7. The number of nitrogens with zero attached hydrogens (tertiary/aromatic N) is 2. The quantitative estimate of drug-likeness (QED) is 0.834. The molecule has 120 valence electrons. The Balaban J connectivity index is 1.59. The number of amides is 1. The van der Waals surface area contributed by atoms with Crippen molar-refractivity contribution in [1.82, 2.24) is 9.80 Å². The second kappa shape index (κ2) is 7.28. The van der Waals surface area contributed by atoms with Crippen molar-refractivity contribution in [2.24, 2.45) is 0 Å². The fraction of sp³-hybridized carbons (Fsp3) is 0.632. The molecule has 2 atom stereocenters. The van der Waals surface area contributed by atoms with E-state index in [-0.39, 0.29) is 0 Å². The zero-order valence-electron chi connectivity index (χ0n) is 13.7. The van der Waals surface area contributed by atoms with Crippen LogP contribution in [0.2, 0.25) is 0 Å². The second-order valence-corrected chi connectivity index (χ2v) is 6.62. The molecule has 0 radical (unpaired) electrons. The molecule has 0 N–H and O–H groups in total. The summed E-state index contributed by atoms with van der Waals surface area (Å²) in [5.74, 6) is 0.356. The van der Waals surface area contributed by atoms with Gasteiger partial charge in [0.05, 0.1) is 0 Å². The zero-order chi connectivity index (χ0) is 15.4. The number of hydrogen-bond donors (Lipinski definition) is 0. The Labute approximate surface area is 134 Å². The molecular formula is C19H28N2O. The summed E-state index contributed by atoms with van der Waals surface area (Å²) in [6, 6.07) is 11.4. The number of hydrogen-bond acceptors (Lipinski definition) is 2. The first-order chi connectivity index (χ1) is 10.8. The Morgan fingerprint density at radius 3 is 2.59 bits per heavy atom. The van der Waals surface area contributed by atoms with Crippen LogP contribution in [0.3, 0.4) is 0 Å². The molecule has 0 bridgehead atoms. The van der Waals surface area contributed by atoms with Gasteiger partial charge >= 0.3 is 0 Å². The molecule has 3 rings (SSSR count). The van der Waals surface area contributed by atoms with Crippen LogP contribution in [0.25, 0.3) is 0 Å². The zero-order valence-corrected chi connectivity index (χ0v) is 13.7. The minimum Gasteiger partial charge on any atom is -0.338 e. The van der Waals surface area contributed by atoms with Crippen molar-refractivity contribution < 1.29 is 4.79 Å². The van der Waals surface area contributed by atoms with Gasteiger partial charge in [0.25, 0.3) is 0 Å². The Morgan fingerprint density at radius 1 is 1.09 bits per heavy atom. The molecule has 3 heteroatoms. The minimum atomic E-state index is 0.356. The smallest absolute Gasteiger partial charge is 0.223 e. The monoisotopic (exact) mass is 300 g/mol. The summed E-state index contributed by atoms with van der Waals surface area (Å²) in [6.07, 6.45) is 6.44. The molecule has 2 heterocycles. The summed E-state index contributed by atoms with van der Waals surface area (Å²) in [7, 11) is 0. The lowest BCUT2D eigenvalue weighted by molar-refractivity contribution is -0.133. The van der Waals surface area contributed by atoms with E-state index in [0.29, 0.717) is 24.4 Å². The van der Waals surface area contributed by atoms with Crippen molar-refractivity contribution in [1.29, 1.82) is 0 Å². The van der Waals surface area contributed by atoms with Gasteiger partial charge in [-0.25, -0.2) is 0 Å². The molecule has 22 heavy (non-hydrogen) atoms. The number of likely N-dealkylation sites (tertiary alicyclic amines) is 2. The Kier molecular flexibility index (Phi) is 5.14. The number of carbonyl (C=O) groups is 1. The van der Waals surface area contributed by atoms with Gasteiger partial charge in [0.15, 0.2) is 0 Å². The molecule has 2 aliphatic rings. The van der Waals surface area contributed by atoms with Gasteiger partial charge in [-0.1, -0.05) is 37.3 Å². The van der Waals surface area contributed by atoms with E-state index in [1.54, 1.807) is 0 Å². The summed E-state index contributed by atoms with van der Waals surface area (Å²) in [5, 5.41) is 0. The lowest BCUT2D eigenvalue weighted by atomic mass is 10.0. The molecule has 0 spiro atoms. The topological polar surface area (TPSA) is 23.6 Å². The predicted molar refractivity (Wildman–Crippen MR) is 89.8 cm³/mol. The molecule has 0 unspecified atom stereocenters. The summed E-state index contributed by atoms with van der Waals surface area (Å²) in [6.45, 7) is 5.54. The first kappa shape index (κ1) is 15.5. The van der Waals surface area contributed by atoms with Gasteiger partial charge in [-0.15, -0.1) is 0 Å². The Bertz CT molecular complexity index is 487. The van der Waals surface area contributed by atoms with Gasteiger partial charge < -0.3 is 4.90 Å². The fourth-order valence-corrected chi connectivity index (χ4v) is 4.22. The van der Waals surface area contributed by atoms with Crippen molar-refractivity contribution >= 4 is 5.91 Å². The van der Waals surface area contributed by atoms with Gasteiger partial charge in [-0.2, -0.15) is 0 Å². The van der Waals surface area contributed by atoms with Gasteiger partial charge in [-0.05, 0) is 50.8 Å². The van der Waals surface area contributed by atoms with E-state index in [0.717, 1.165) is 19.5 Å². The summed E-state index contributed by atoms with van der Waals surface area (Å²) in [4.78, 5) is 17.5. The predicted octanol–water partition coefficient (Wildman–Crippen LogP) is 3.09. The van der Waals surface area contributed by atoms with E-state index >= 15 is 0 Å². The summed E-state index contributed by atoms with van der Waals surface area (Å²) < 4.78 is 0. The van der Waals surface area contributed by atoms with Crippen LogP contribution < -0.4 is 0 Å². The van der Waals surface area contributed by atoms with Crippen LogP contribution in [0, 0.1) is 0 Å². The van der Waals surface area contributed by atoms with Crippen LogP contribution in [0.4, 0.5) is 0 Å². The lowest BCUT2D eigenvalue weighted by Gasteiger charge is -2.34. The normalized spacial score (nSPS) is 25.8. The van der Waals surface area contributed by atoms with Gasteiger partial charge in [0, 0.05) is 25.0 Å². The molecule has 0 aliphatic carbocycles. The molecule has 1 amide bonds. The highest BCUT2D eigenvalue weighted by Crippen LogP contribution is 2.30. The fourth-order valence-electron chi connectivity index (χ4n) is 4.22. The van der Waals surface area contributed by atoms with Crippen molar-refractivity contribution in [2.45, 2.75) is 57.5 Å². The third-order valence-corrected chi connectivity index (χ3v) is 5.35. The average molecular weight is 300 g/mol. The SMILES string of the molecule is CCN1CCC[C@@H]1[C@@H]1CCCN1C(=O)CCc1ccccc1. The van der Waals surface area contributed by atoms with Gasteiger partial charge in [0.1, 0.15) is 0 Å². The molecule has 1 aromatic carbocycles. The first-order valence-electron chi connectivity index (χ1n) is 8.87. The Hall–Kier alpha value is -1.35. The first-order valence-corrected chi connectivity index (χ1v) is 8.87. The number of likely N-dealkylation sites (N-methyl/N-ethyl adjacent to an activating group) is 1. The number of aryl methyl sites for hydroxylation is 1. The molecule has 2 aliphatic heterocycles. The molecule has 0 saturated carbocycles. The average Bonchev–Trinajstić information content (AvgIpc) is 3.21. The van der Waals surface area contributed by atoms with Crippen molar-refractivity contribution in [3.05, 3.63) is 35.9 Å². The number of benzene rings is 1. The highest BCUT2D eigenvalue weighted by atomic mass is 16.2. The van der Waals surface area contributed by atoms with E-state index in [2.05, 4.69) is 41.0 Å². The molecule has 1 aromatic rings. The Morgan fingerprint density at radius 2 is 1.82 bits per heavy atom. The van der Waals surface area contributed by atoms with E-state index in [9.17, 15) is 4.79 Å². The van der Waals surface area contributed by atoms with E-state index in [4.69, 9.17) is 0 Å². The van der Waals surface area contributed by atoms with Crippen molar-refractivity contribution in [3.8, 4) is 0 Å². The van der Waals surface area contributed by atoms with E-state index in [1.165, 1.54) is 37.8 Å². The van der Waals surface area contributed by atoms with Crippen LogP contribution in [0.15, 0.2) is 30.3 Å².